The van der Waals surface area contributed by atoms with E-state index in [4.69, 9.17) is 5.11 Å². The maximum Gasteiger partial charge on any atom is 0.305 e. The Morgan fingerprint density at radius 2 is 2.09 bits per heavy atom. The van der Waals surface area contributed by atoms with Crippen LogP contribution in [0.4, 0.5) is 0 Å². The average molecular weight is 315 g/mol. The van der Waals surface area contributed by atoms with E-state index in [2.05, 4.69) is 10.00 Å². The highest BCUT2D eigenvalue weighted by molar-refractivity contribution is 5.66. The Balaban J connectivity index is 1.59. The molecule has 0 saturated carbocycles. The van der Waals surface area contributed by atoms with Gasteiger partial charge in [-0.05, 0) is 12.0 Å². The smallest absolute Gasteiger partial charge is 0.305 e. The van der Waals surface area contributed by atoms with E-state index in [0.717, 1.165) is 17.7 Å². The van der Waals surface area contributed by atoms with Crippen LogP contribution in [0, 0.1) is 0 Å². The molecule has 1 atom stereocenters. The summed E-state index contributed by atoms with van der Waals surface area (Å²) in [6, 6.07) is 9.77. The number of likely N-dealkylation sites (tertiary alicyclic amines) is 1. The topological polar surface area (TPSA) is 78.6 Å². The number of hydrogen-bond acceptors (Lipinski definition) is 4. The van der Waals surface area contributed by atoms with Gasteiger partial charge in [0.25, 0.3) is 0 Å². The minimum Gasteiger partial charge on any atom is -0.481 e. The van der Waals surface area contributed by atoms with E-state index >= 15 is 0 Å². The van der Waals surface area contributed by atoms with Crippen molar-refractivity contribution in [2.45, 2.75) is 31.5 Å². The first-order valence-corrected chi connectivity index (χ1v) is 7.78. The molecule has 1 aromatic carbocycles. The van der Waals surface area contributed by atoms with Crippen LogP contribution in [-0.2, 0) is 23.5 Å². The molecule has 3 rings (SSSR count). The lowest BCUT2D eigenvalue weighted by molar-refractivity contribution is -0.137. The monoisotopic (exact) mass is 315 g/mol. The first kappa shape index (κ1) is 15.7. The standard InChI is InChI=1S/C17H21N3O3/c21-16(22)6-8-20-12-14(10-18-20)11-19-9-7-17(23,13-19)15-4-2-1-3-5-15/h1-5,10,12,23H,6-9,11,13H2,(H,21,22). The van der Waals surface area contributed by atoms with Gasteiger partial charge in [-0.2, -0.15) is 5.10 Å². The molecular formula is C17H21N3O3. The van der Waals surface area contributed by atoms with Crippen molar-refractivity contribution in [3.8, 4) is 0 Å². The van der Waals surface area contributed by atoms with Crippen molar-refractivity contribution in [3.63, 3.8) is 0 Å². The van der Waals surface area contributed by atoms with Crippen molar-refractivity contribution in [2.24, 2.45) is 0 Å². The summed E-state index contributed by atoms with van der Waals surface area (Å²) in [5.74, 6) is -0.825. The number of rotatable bonds is 6. The first-order valence-electron chi connectivity index (χ1n) is 7.78. The molecule has 6 nitrogen and oxygen atoms in total. The van der Waals surface area contributed by atoms with Gasteiger partial charge < -0.3 is 10.2 Å². The second kappa shape index (κ2) is 6.52. The Kier molecular flexibility index (Phi) is 4.45. The second-order valence-corrected chi connectivity index (χ2v) is 6.11. The maximum absolute atomic E-state index is 10.8. The van der Waals surface area contributed by atoms with Gasteiger partial charge in [-0.15, -0.1) is 0 Å². The summed E-state index contributed by atoms with van der Waals surface area (Å²) < 4.78 is 1.66. The van der Waals surface area contributed by atoms with Gasteiger partial charge in [0.15, 0.2) is 0 Å². The summed E-state index contributed by atoms with van der Waals surface area (Å²) >= 11 is 0. The third-order valence-corrected chi connectivity index (χ3v) is 4.29. The van der Waals surface area contributed by atoms with Crippen molar-refractivity contribution < 1.29 is 15.0 Å². The molecule has 2 aromatic rings. The Hall–Kier alpha value is -2.18. The number of hydrogen-bond donors (Lipinski definition) is 2. The molecule has 23 heavy (non-hydrogen) atoms. The fraction of sp³-hybridized carbons (Fsp3) is 0.412. The van der Waals surface area contributed by atoms with Gasteiger partial charge in [0.1, 0.15) is 5.60 Å². The number of carboxylic acid groups (broad SMARTS) is 1. The summed E-state index contributed by atoms with van der Waals surface area (Å²) in [6.07, 6.45) is 4.42. The zero-order valence-corrected chi connectivity index (χ0v) is 12.9. The number of aliphatic carboxylic acids is 1. The van der Waals surface area contributed by atoms with E-state index in [1.54, 1.807) is 10.9 Å². The van der Waals surface area contributed by atoms with Crippen molar-refractivity contribution in [1.29, 1.82) is 0 Å². The molecular weight excluding hydrogens is 294 g/mol. The Morgan fingerprint density at radius 3 is 2.83 bits per heavy atom. The highest BCUT2D eigenvalue weighted by Crippen LogP contribution is 2.32. The lowest BCUT2D eigenvalue weighted by Gasteiger charge is -2.23. The highest BCUT2D eigenvalue weighted by Gasteiger charge is 2.37. The van der Waals surface area contributed by atoms with Gasteiger partial charge in [-0.3, -0.25) is 14.4 Å². The summed E-state index contributed by atoms with van der Waals surface area (Å²) in [5, 5.41) is 23.7. The fourth-order valence-electron chi connectivity index (χ4n) is 3.07. The Morgan fingerprint density at radius 1 is 1.30 bits per heavy atom. The van der Waals surface area contributed by atoms with Crippen LogP contribution in [0.2, 0.25) is 0 Å². The lowest BCUT2D eigenvalue weighted by Crippen LogP contribution is -2.30. The zero-order chi connectivity index (χ0) is 16.3. The van der Waals surface area contributed by atoms with Crippen LogP contribution < -0.4 is 0 Å². The van der Waals surface area contributed by atoms with Gasteiger partial charge in [-0.1, -0.05) is 30.3 Å². The zero-order valence-electron chi connectivity index (χ0n) is 12.9. The molecule has 6 heteroatoms. The molecule has 1 aliphatic heterocycles. The van der Waals surface area contributed by atoms with Gasteiger partial charge in [0.2, 0.25) is 0 Å². The van der Waals surface area contributed by atoms with Gasteiger partial charge in [0.05, 0.1) is 19.2 Å². The normalized spacial score (nSPS) is 21.6. The number of aromatic nitrogens is 2. The van der Waals surface area contributed by atoms with Crippen molar-refractivity contribution in [1.82, 2.24) is 14.7 Å². The first-order chi connectivity index (χ1) is 11.0. The van der Waals surface area contributed by atoms with Crippen LogP contribution in [0.3, 0.4) is 0 Å². The van der Waals surface area contributed by atoms with Crippen molar-refractivity contribution >= 4 is 5.97 Å². The van der Waals surface area contributed by atoms with Gasteiger partial charge in [-0.25, -0.2) is 0 Å². The molecule has 122 valence electrons. The molecule has 0 aliphatic carbocycles. The molecule has 2 N–H and O–H groups in total. The minimum absolute atomic E-state index is 0.0680. The number of β-amino-alcohol motifs (C(OH)–C–C–N with tert-alkyl or cyclic N) is 1. The lowest BCUT2D eigenvalue weighted by atomic mass is 9.93. The molecule has 0 spiro atoms. The average Bonchev–Trinajstić information content (AvgIpc) is 3.14. The highest BCUT2D eigenvalue weighted by atomic mass is 16.4. The SMILES string of the molecule is O=C(O)CCn1cc(CN2CCC(O)(c3ccccc3)C2)cn1. The van der Waals surface area contributed by atoms with Crippen LogP contribution in [0.15, 0.2) is 42.7 Å². The molecule has 1 aliphatic rings. The number of carbonyl (C=O) groups is 1. The number of nitrogens with zero attached hydrogens (tertiary/aromatic N) is 3. The molecule has 1 unspecified atom stereocenters. The number of aryl methyl sites for hydroxylation is 1. The molecule has 1 aromatic heterocycles. The number of aliphatic hydroxyl groups is 1. The van der Waals surface area contributed by atoms with Crippen LogP contribution in [0.1, 0.15) is 24.0 Å². The van der Waals surface area contributed by atoms with Gasteiger partial charge >= 0.3 is 5.97 Å². The summed E-state index contributed by atoms with van der Waals surface area (Å²) in [4.78, 5) is 12.8. The van der Waals surface area contributed by atoms with Crippen LogP contribution >= 0.6 is 0 Å². The molecule has 0 radical (unpaired) electrons. The molecule has 0 bridgehead atoms. The third kappa shape index (κ3) is 3.78. The van der Waals surface area contributed by atoms with E-state index in [-0.39, 0.29) is 6.42 Å². The Bertz CT molecular complexity index is 671. The van der Waals surface area contributed by atoms with E-state index in [1.807, 2.05) is 36.5 Å². The van der Waals surface area contributed by atoms with E-state index in [9.17, 15) is 9.90 Å². The minimum atomic E-state index is -0.825. The van der Waals surface area contributed by atoms with Crippen LogP contribution in [-0.4, -0.2) is 44.0 Å². The molecule has 2 heterocycles. The van der Waals surface area contributed by atoms with Crippen molar-refractivity contribution in [2.75, 3.05) is 13.1 Å². The maximum atomic E-state index is 10.8. The van der Waals surface area contributed by atoms with Crippen LogP contribution in [0.5, 0.6) is 0 Å². The van der Waals surface area contributed by atoms with E-state index in [0.29, 0.717) is 26.1 Å². The predicted molar refractivity (Wildman–Crippen MR) is 84.7 cm³/mol. The predicted octanol–water partition coefficient (Wildman–Crippen LogP) is 1.45. The van der Waals surface area contributed by atoms with E-state index < -0.39 is 11.6 Å². The molecule has 1 saturated heterocycles. The van der Waals surface area contributed by atoms with Crippen LogP contribution in [0.25, 0.3) is 0 Å². The number of benzene rings is 1. The Labute approximate surface area is 135 Å². The fourth-order valence-corrected chi connectivity index (χ4v) is 3.07. The summed E-state index contributed by atoms with van der Waals surface area (Å²) in [5.41, 5.74) is 1.20. The van der Waals surface area contributed by atoms with E-state index in [1.165, 1.54) is 0 Å². The quantitative estimate of drug-likeness (QED) is 0.843. The molecule has 1 fully saturated rings. The summed E-state index contributed by atoms with van der Waals surface area (Å²) in [7, 11) is 0. The van der Waals surface area contributed by atoms with Crippen molar-refractivity contribution in [3.05, 3.63) is 53.9 Å². The second-order valence-electron chi connectivity index (χ2n) is 6.11. The third-order valence-electron chi connectivity index (χ3n) is 4.29. The molecule has 0 amide bonds. The van der Waals surface area contributed by atoms with Gasteiger partial charge in [0, 0.05) is 31.4 Å². The largest absolute Gasteiger partial charge is 0.481 e. The summed E-state index contributed by atoms with van der Waals surface area (Å²) in [6.45, 7) is 2.51. The number of carboxylic acids is 1.